The first kappa shape index (κ1) is 36.2. The van der Waals surface area contributed by atoms with Crippen LogP contribution in [-0.4, -0.2) is 109 Å². The van der Waals surface area contributed by atoms with Gasteiger partial charge in [-0.1, -0.05) is 19.4 Å². The zero-order valence-electron chi connectivity index (χ0n) is 31.1. The van der Waals surface area contributed by atoms with Crippen molar-refractivity contribution in [3.05, 3.63) is 64.6 Å². The van der Waals surface area contributed by atoms with E-state index in [-0.39, 0.29) is 17.8 Å². The minimum atomic E-state index is -0.181. The Kier molecular flexibility index (Phi) is 12.0. The van der Waals surface area contributed by atoms with E-state index in [0.717, 1.165) is 99.9 Å². The Labute approximate surface area is 299 Å². The van der Waals surface area contributed by atoms with Gasteiger partial charge in [0.2, 0.25) is 5.91 Å². The normalized spacial score (nSPS) is 21.9. The van der Waals surface area contributed by atoms with E-state index in [1.54, 1.807) is 0 Å². The summed E-state index contributed by atoms with van der Waals surface area (Å²) in [5.41, 5.74) is 8.25. The van der Waals surface area contributed by atoms with Gasteiger partial charge in [0.1, 0.15) is 6.17 Å². The van der Waals surface area contributed by atoms with Gasteiger partial charge in [-0.2, -0.15) is 5.10 Å². The van der Waals surface area contributed by atoms with Crippen LogP contribution < -0.4 is 10.2 Å². The molecular formula is C40H59N7O3. The van der Waals surface area contributed by atoms with Crippen molar-refractivity contribution in [3.63, 3.8) is 0 Å². The van der Waals surface area contributed by atoms with Crippen molar-refractivity contribution in [2.75, 3.05) is 71.4 Å². The number of hydrogen-bond donors (Lipinski definition) is 1. The van der Waals surface area contributed by atoms with E-state index in [9.17, 15) is 9.59 Å². The highest BCUT2D eigenvalue weighted by molar-refractivity contribution is 5.76. The van der Waals surface area contributed by atoms with Crippen LogP contribution in [0.3, 0.4) is 0 Å². The van der Waals surface area contributed by atoms with Gasteiger partial charge in [-0.15, -0.1) is 0 Å². The van der Waals surface area contributed by atoms with E-state index in [2.05, 4.69) is 77.3 Å². The van der Waals surface area contributed by atoms with E-state index < -0.39 is 0 Å². The fourth-order valence-corrected chi connectivity index (χ4v) is 8.40. The number of amides is 1. The van der Waals surface area contributed by atoms with Crippen LogP contribution in [0.25, 0.3) is 5.69 Å². The monoisotopic (exact) mass is 685 g/mol. The first-order valence-electron chi connectivity index (χ1n) is 19.1. The number of benzene rings is 1. The predicted octanol–water partition coefficient (Wildman–Crippen LogP) is 5.54. The Bertz CT molecular complexity index is 1560. The van der Waals surface area contributed by atoms with E-state index in [1.165, 1.54) is 44.1 Å². The molecule has 10 heteroatoms. The van der Waals surface area contributed by atoms with Gasteiger partial charge in [0.15, 0.2) is 0 Å². The Morgan fingerprint density at radius 3 is 2.58 bits per heavy atom. The number of aromatic nitrogens is 2. The molecule has 0 spiro atoms. The molecule has 6 rings (SSSR count). The van der Waals surface area contributed by atoms with Crippen molar-refractivity contribution < 1.29 is 14.3 Å². The molecule has 1 unspecified atom stereocenters. The highest BCUT2D eigenvalue weighted by Gasteiger charge is 2.30. The van der Waals surface area contributed by atoms with Gasteiger partial charge in [0.25, 0.3) is 0 Å². The molecule has 0 aliphatic carbocycles. The molecule has 272 valence electrons. The minimum absolute atomic E-state index is 0.0121. The minimum Gasteiger partial charge on any atom is -0.469 e. The SMILES string of the molecule is CCCCC(=O)N1CCN(c2cc([C@@H](CC(=O)OC)CN3CC[C@@H](CCC4=CC=C5CCCNC5N4C)C3)cc(-n3nc(C)cc3C)c2)CC1. The number of nitrogens with one attached hydrogen (secondary N) is 1. The third kappa shape index (κ3) is 8.62. The molecule has 10 nitrogen and oxygen atoms in total. The number of hydrogen-bond acceptors (Lipinski definition) is 8. The molecule has 4 aliphatic heterocycles. The van der Waals surface area contributed by atoms with Crippen molar-refractivity contribution in [1.82, 2.24) is 29.8 Å². The summed E-state index contributed by atoms with van der Waals surface area (Å²) < 4.78 is 7.26. The fraction of sp³-hybridized carbons (Fsp3) is 0.625. The molecule has 1 aromatic heterocycles. The van der Waals surface area contributed by atoms with Gasteiger partial charge < -0.3 is 24.3 Å². The summed E-state index contributed by atoms with van der Waals surface area (Å²) in [5, 5.41) is 8.53. The average molecular weight is 686 g/mol. The quantitative estimate of drug-likeness (QED) is 0.275. The number of piperidine rings is 1. The van der Waals surface area contributed by atoms with Crippen molar-refractivity contribution in [2.24, 2.45) is 5.92 Å². The summed E-state index contributed by atoms with van der Waals surface area (Å²) in [6.45, 7) is 13.3. The van der Waals surface area contributed by atoms with E-state index in [0.29, 0.717) is 24.9 Å². The standard InChI is InChI=1S/C40H59N7O3/c1-6-7-10-38(48)46-20-18-45(19-21-46)36-23-33(24-37(26-36)47-30(3)22-29(2)42-47)34(25-39(49)50-5)28-44-17-15-31(27-44)11-13-35-14-12-32-9-8-16-41-40(32)43(35)4/h12,14,22-24,26,31,34,40-41H,6-11,13,15-21,25,27-28H2,1-5H3/t31-,34+,40?/m1/s1. The van der Waals surface area contributed by atoms with Crippen LogP contribution in [0.1, 0.15) is 87.6 Å². The maximum Gasteiger partial charge on any atom is 0.306 e. The number of fused-ring (bicyclic) bond motifs is 1. The molecule has 3 saturated heterocycles. The third-order valence-electron chi connectivity index (χ3n) is 11.4. The molecule has 0 bridgehead atoms. The van der Waals surface area contributed by atoms with Crippen molar-refractivity contribution >= 4 is 17.6 Å². The number of ether oxygens (including phenoxy) is 1. The van der Waals surface area contributed by atoms with E-state index >= 15 is 0 Å². The lowest BCUT2D eigenvalue weighted by Crippen LogP contribution is -2.48. The number of nitrogens with zero attached hydrogens (tertiary/aromatic N) is 6. The molecular weight excluding hydrogens is 626 g/mol. The molecule has 5 heterocycles. The second-order valence-corrected chi connectivity index (χ2v) is 15.0. The Hall–Kier alpha value is -3.63. The Morgan fingerprint density at radius 2 is 1.84 bits per heavy atom. The van der Waals surface area contributed by atoms with Gasteiger partial charge in [0.05, 0.1) is 24.9 Å². The number of rotatable bonds is 13. The van der Waals surface area contributed by atoms with Crippen molar-refractivity contribution in [2.45, 2.75) is 90.6 Å². The summed E-state index contributed by atoms with van der Waals surface area (Å²) in [7, 11) is 3.73. The molecule has 3 atom stereocenters. The first-order valence-corrected chi connectivity index (χ1v) is 19.1. The van der Waals surface area contributed by atoms with Crippen LogP contribution in [0.15, 0.2) is 47.7 Å². The van der Waals surface area contributed by atoms with Crippen LogP contribution in [0.2, 0.25) is 0 Å². The zero-order valence-corrected chi connectivity index (χ0v) is 31.1. The molecule has 1 aromatic carbocycles. The summed E-state index contributed by atoms with van der Waals surface area (Å²) in [5.74, 6) is 0.710. The van der Waals surface area contributed by atoms with Gasteiger partial charge >= 0.3 is 5.97 Å². The van der Waals surface area contributed by atoms with Gasteiger partial charge in [-0.3, -0.25) is 14.9 Å². The number of carbonyl (C=O) groups excluding carboxylic acids is 2. The number of methoxy groups -OCH3 is 1. The fourth-order valence-electron chi connectivity index (χ4n) is 8.40. The van der Waals surface area contributed by atoms with Crippen LogP contribution in [0.5, 0.6) is 0 Å². The van der Waals surface area contributed by atoms with Gasteiger partial charge in [-0.05, 0) is 113 Å². The number of allylic oxidation sites excluding steroid dienone is 3. The van der Waals surface area contributed by atoms with E-state index in [1.807, 2.05) is 16.5 Å². The zero-order chi connectivity index (χ0) is 35.2. The van der Waals surface area contributed by atoms with Crippen molar-refractivity contribution in [1.29, 1.82) is 0 Å². The summed E-state index contributed by atoms with van der Waals surface area (Å²) in [6.07, 6.45) is 13.9. The lowest BCUT2D eigenvalue weighted by Gasteiger charge is -2.39. The number of aryl methyl sites for hydroxylation is 2. The second-order valence-electron chi connectivity index (χ2n) is 15.0. The maximum absolute atomic E-state index is 12.9. The van der Waals surface area contributed by atoms with Crippen LogP contribution in [0.4, 0.5) is 5.69 Å². The number of piperazine rings is 1. The molecule has 1 N–H and O–H groups in total. The third-order valence-corrected chi connectivity index (χ3v) is 11.4. The lowest BCUT2D eigenvalue weighted by molar-refractivity contribution is -0.141. The Morgan fingerprint density at radius 1 is 1.04 bits per heavy atom. The van der Waals surface area contributed by atoms with Crippen LogP contribution >= 0.6 is 0 Å². The number of carbonyl (C=O) groups is 2. The molecule has 50 heavy (non-hydrogen) atoms. The highest BCUT2D eigenvalue weighted by Crippen LogP contribution is 2.34. The molecule has 3 fully saturated rings. The number of esters is 1. The molecule has 1 amide bonds. The average Bonchev–Trinajstić information content (AvgIpc) is 3.74. The summed E-state index contributed by atoms with van der Waals surface area (Å²) in [4.78, 5) is 35.1. The molecule has 4 aliphatic rings. The topological polar surface area (TPSA) is 86.2 Å². The number of unbranched alkanes of at least 4 members (excludes halogenated alkanes) is 1. The number of anilines is 1. The first-order chi connectivity index (χ1) is 24.2. The number of likely N-dealkylation sites (tertiary alicyclic amines) is 1. The van der Waals surface area contributed by atoms with E-state index in [4.69, 9.17) is 9.84 Å². The largest absolute Gasteiger partial charge is 0.469 e. The molecule has 0 saturated carbocycles. The van der Waals surface area contributed by atoms with Crippen LogP contribution in [-0.2, 0) is 14.3 Å². The highest BCUT2D eigenvalue weighted by atomic mass is 16.5. The smallest absolute Gasteiger partial charge is 0.306 e. The number of likely N-dealkylation sites (N-methyl/N-ethyl adjacent to an activating group) is 1. The summed E-state index contributed by atoms with van der Waals surface area (Å²) in [6, 6.07) is 8.82. The Balaban J connectivity index is 1.17. The van der Waals surface area contributed by atoms with Crippen LogP contribution in [0, 0.1) is 19.8 Å². The maximum atomic E-state index is 12.9. The molecule has 2 aromatic rings. The summed E-state index contributed by atoms with van der Waals surface area (Å²) >= 11 is 0. The van der Waals surface area contributed by atoms with Gasteiger partial charge in [-0.25, -0.2) is 4.68 Å². The van der Waals surface area contributed by atoms with Crippen molar-refractivity contribution in [3.8, 4) is 5.69 Å². The predicted molar refractivity (Wildman–Crippen MR) is 199 cm³/mol. The molecule has 0 radical (unpaired) electrons. The second kappa shape index (κ2) is 16.6. The van der Waals surface area contributed by atoms with Gasteiger partial charge in [0, 0.05) is 75.7 Å². The lowest BCUT2D eigenvalue weighted by atomic mass is 9.93.